The highest BCUT2D eigenvalue weighted by Gasteiger charge is 2.12. The number of carbonyl (C=O) groups excluding carboxylic acids is 2. The van der Waals surface area contributed by atoms with Crippen LogP contribution in [0.15, 0.2) is 78.9 Å². The molecule has 0 aliphatic carbocycles. The van der Waals surface area contributed by atoms with Crippen molar-refractivity contribution in [2.24, 2.45) is 0 Å². The molecule has 0 aromatic heterocycles. The number of para-hydroxylation sites is 1. The molecule has 0 saturated carbocycles. The van der Waals surface area contributed by atoms with Gasteiger partial charge in [0.1, 0.15) is 0 Å². The Morgan fingerprint density at radius 2 is 1.42 bits per heavy atom. The van der Waals surface area contributed by atoms with Crippen LogP contribution in [0.3, 0.4) is 0 Å². The van der Waals surface area contributed by atoms with Crippen LogP contribution < -0.4 is 10.2 Å². The molecule has 3 aromatic rings. The standard InChI is InChI=1S/C27H26N2O2/c1-20(28-21(2)30)19-24-13-11-22(12-14-24)9-10-23-15-17-25(18-16-23)27(31)29(3)26-7-5-4-6-8-26/h4-8,11-18,20H,19H2,1-3H3,(H,28,30). The van der Waals surface area contributed by atoms with E-state index in [1.165, 1.54) is 6.92 Å². The molecule has 1 atom stereocenters. The van der Waals surface area contributed by atoms with Gasteiger partial charge in [0, 0.05) is 42.4 Å². The predicted molar refractivity (Wildman–Crippen MR) is 125 cm³/mol. The van der Waals surface area contributed by atoms with E-state index in [1.807, 2.05) is 73.7 Å². The Balaban J connectivity index is 1.63. The molecule has 3 rings (SSSR count). The lowest BCUT2D eigenvalue weighted by molar-refractivity contribution is -0.119. The molecule has 0 bridgehead atoms. The third-order valence-electron chi connectivity index (χ3n) is 4.88. The molecule has 0 aliphatic heterocycles. The van der Waals surface area contributed by atoms with E-state index in [2.05, 4.69) is 17.2 Å². The van der Waals surface area contributed by atoms with E-state index in [0.717, 1.165) is 28.8 Å². The molecule has 2 amide bonds. The third-order valence-corrected chi connectivity index (χ3v) is 4.88. The summed E-state index contributed by atoms with van der Waals surface area (Å²) in [5.41, 5.74) is 4.39. The molecule has 0 fully saturated rings. The molecule has 4 heteroatoms. The van der Waals surface area contributed by atoms with Crippen LogP contribution in [0, 0.1) is 11.8 Å². The summed E-state index contributed by atoms with van der Waals surface area (Å²) in [7, 11) is 1.77. The first-order valence-corrected chi connectivity index (χ1v) is 10.2. The minimum atomic E-state index is -0.0604. The topological polar surface area (TPSA) is 49.4 Å². The minimum Gasteiger partial charge on any atom is -0.354 e. The summed E-state index contributed by atoms with van der Waals surface area (Å²) in [6.07, 6.45) is 0.778. The van der Waals surface area contributed by atoms with Gasteiger partial charge in [-0.15, -0.1) is 0 Å². The van der Waals surface area contributed by atoms with Gasteiger partial charge in [-0.2, -0.15) is 0 Å². The van der Waals surface area contributed by atoms with Crippen LogP contribution >= 0.6 is 0 Å². The fraction of sp³-hybridized carbons (Fsp3) is 0.185. The van der Waals surface area contributed by atoms with E-state index in [1.54, 1.807) is 24.1 Å². The van der Waals surface area contributed by atoms with Gasteiger partial charge >= 0.3 is 0 Å². The highest BCUT2D eigenvalue weighted by atomic mass is 16.2. The van der Waals surface area contributed by atoms with Crippen molar-refractivity contribution in [1.82, 2.24) is 5.32 Å². The minimum absolute atomic E-state index is 0.0191. The van der Waals surface area contributed by atoms with E-state index in [0.29, 0.717) is 5.56 Å². The van der Waals surface area contributed by atoms with Crippen molar-refractivity contribution in [3.63, 3.8) is 0 Å². The number of hydrogen-bond acceptors (Lipinski definition) is 2. The lowest BCUT2D eigenvalue weighted by Crippen LogP contribution is -2.31. The lowest BCUT2D eigenvalue weighted by atomic mass is 10.0. The SMILES string of the molecule is CC(=O)NC(C)Cc1ccc(C#Cc2ccc(C(=O)N(C)c3ccccc3)cc2)cc1. The molecule has 0 heterocycles. The summed E-state index contributed by atoms with van der Waals surface area (Å²) < 4.78 is 0. The first-order chi connectivity index (χ1) is 14.9. The summed E-state index contributed by atoms with van der Waals surface area (Å²) in [4.78, 5) is 25.4. The van der Waals surface area contributed by atoms with Crippen molar-refractivity contribution >= 4 is 17.5 Å². The normalized spacial score (nSPS) is 11.1. The highest BCUT2D eigenvalue weighted by Crippen LogP contribution is 2.15. The first kappa shape index (κ1) is 21.9. The zero-order chi connectivity index (χ0) is 22.2. The Labute approximate surface area is 183 Å². The van der Waals surface area contributed by atoms with Gasteiger partial charge in [-0.3, -0.25) is 9.59 Å². The van der Waals surface area contributed by atoms with Gasteiger partial charge in [0.05, 0.1) is 0 Å². The smallest absolute Gasteiger partial charge is 0.258 e. The molecular formula is C27H26N2O2. The van der Waals surface area contributed by atoms with Gasteiger partial charge in [0.15, 0.2) is 0 Å². The Morgan fingerprint density at radius 3 is 1.97 bits per heavy atom. The number of nitrogens with zero attached hydrogens (tertiary/aromatic N) is 1. The summed E-state index contributed by atoms with van der Waals surface area (Å²) in [6.45, 7) is 3.51. The molecular weight excluding hydrogens is 384 g/mol. The maximum atomic E-state index is 12.7. The van der Waals surface area contributed by atoms with Crippen molar-refractivity contribution < 1.29 is 9.59 Å². The summed E-state index contributed by atoms with van der Waals surface area (Å²) in [5.74, 6) is 6.22. The number of hydrogen-bond donors (Lipinski definition) is 1. The van der Waals surface area contributed by atoms with Gasteiger partial charge in [-0.1, -0.05) is 42.2 Å². The van der Waals surface area contributed by atoms with Crippen LogP contribution in [0.25, 0.3) is 0 Å². The second-order valence-electron chi connectivity index (χ2n) is 7.53. The van der Waals surface area contributed by atoms with Gasteiger partial charge in [0.2, 0.25) is 5.91 Å². The fourth-order valence-electron chi connectivity index (χ4n) is 3.28. The van der Waals surface area contributed by atoms with Crippen LogP contribution in [0.1, 0.15) is 40.9 Å². The lowest BCUT2D eigenvalue weighted by Gasteiger charge is -2.17. The van der Waals surface area contributed by atoms with Crippen LogP contribution in [-0.2, 0) is 11.2 Å². The number of carbonyl (C=O) groups is 2. The quantitative estimate of drug-likeness (QED) is 0.633. The third kappa shape index (κ3) is 6.32. The number of nitrogens with one attached hydrogen (secondary N) is 1. The molecule has 1 unspecified atom stereocenters. The van der Waals surface area contributed by atoms with Crippen molar-refractivity contribution in [2.45, 2.75) is 26.3 Å². The van der Waals surface area contributed by atoms with Gasteiger partial charge < -0.3 is 10.2 Å². The molecule has 0 radical (unpaired) electrons. The molecule has 31 heavy (non-hydrogen) atoms. The summed E-state index contributed by atoms with van der Waals surface area (Å²) in [6, 6.07) is 25.0. The van der Waals surface area contributed by atoms with E-state index >= 15 is 0 Å². The first-order valence-electron chi connectivity index (χ1n) is 10.2. The van der Waals surface area contributed by atoms with Crippen LogP contribution in [0.5, 0.6) is 0 Å². The molecule has 156 valence electrons. The molecule has 3 aromatic carbocycles. The van der Waals surface area contributed by atoms with Crippen LogP contribution in [-0.4, -0.2) is 24.9 Å². The van der Waals surface area contributed by atoms with Gasteiger partial charge in [-0.05, 0) is 67.4 Å². The Morgan fingerprint density at radius 1 is 0.871 bits per heavy atom. The molecule has 4 nitrogen and oxygen atoms in total. The number of rotatable bonds is 5. The van der Waals surface area contributed by atoms with E-state index < -0.39 is 0 Å². The molecule has 0 aliphatic rings. The second kappa shape index (κ2) is 10.3. The van der Waals surface area contributed by atoms with E-state index in [4.69, 9.17) is 0 Å². The number of amides is 2. The Hall–Kier alpha value is -3.84. The molecule has 1 N–H and O–H groups in total. The maximum absolute atomic E-state index is 12.7. The summed E-state index contributed by atoms with van der Waals surface area (Å²) in [5, 5.41) is 2.89. The average molecular weight is 411 g/mol. The monoisotopic (exact) mass is 410 g/mol. The number of anilines is 1. The van der Waals surface area contributed by atoms with Crippen molar-refractivity contribution in [2.75, 3.05) is 11.9 Å². The van der Waals surface area contributed by atoms with Crippen molar-refractivity contribution in [3.8, 4) is 11.8 Å². The van der Waals surface area contributed by atoms with Crippen LogP contribution in [0.4, 0.5) is 5.69 Å². The Bertz CT molecular complexity index is 1090. The fourth-order valence-corrected chi connectivity index (χ4v) is 3.28. The van der Waals surface area contributed by atoms with Crippen molar-refractivity contribution in [1.29, 1.82) is 0 Å². The Kier molecular flexibility index (Phi) is 7.24. The summed E-state index contributed by atoms with van der Waals surface area (Å²) >= 11 is 0. The maximum Gasteiger partial charge on any atom is 0.258 e. The highest BCUT2D eigenvalue weighted by molar-refractivity contribution is 6.05. The largest absolute Gasteiger partial charge is 0.354 e. The van der Waals surface area contributed by atoms with Gasteiger partial charge in [0.25, 0.3) is 5.91 Å². The van der Waals surface area contributed by atoms with E-state index in [9.17, 15) is 9.59 Å². The predicted octanol–water partition coefficient (Wildman–Crippen LogP) is 4.43. The zero-order valence-electron chi connectivity index (χ0n) is 18.1. The number of benzene rings is 3. The molecule has 0 spiro atoms. The second-order valence-corrected chi connectivity index (χ2v) is 7.53. The van der Waals surface area contributed by atoms with Gasteiger partial charge in [-0.25, -0.2) is 0 Å². The van der Waals surface area contributed by atoms with Crippen molar-refractivity contribution in [3.05, 3.63) is 101 Å². The zero-order valence-corrected chi connectivity index (χ0v) is 18.1. The van der Waals surface area contributed by atoms with E-state index in [-0.39, 0.29) is 17.9 Å². The molecule has 0 saturated heterocycles. The average Bonchev–Trinajstić information content (AvgIpc) is 2.78. The van der Waals surface area contributed by atoms with Crippen LogP contribution in [0.2, 0.25) is 0 Å².